The Kier molecular flexibility index (Phi) is 5.24. The molecule has 0 bridgehead atoms. The molecule has 4 rings (SSSR count). The van der Waals surface area contributed by atoms with Crippen LogP contribution in [0.4, 0.5) is 5.69 Å². The van der Waals surface area contributed by atoms with E-state index in [2.05, 4.69) is 32.9 Å². The van der Waals surface area contributed by atoms with E-state index in [1.165, 1.54) is 16.9 Å². The van der Waals surface area contributed by atoms with Crippen molar-refractivity contribution in [1.82, 2.24) is 0 Å². The quantitative estimate of drug-likeness (QED) is 0.372. The van der Waals surface area contributed by atoms with Gasteiger partial charge in [-0.3, -0.25) is 4.79 Å². The molecule has 0 aliphatic heterocycles. The van der Waals surface area contributed by atoms with Crippen LogP contribution in [0.2, 0.25) is 0 Å². The van der Waals surface area contributed by atoms with Gasteiger partial charge in [0.1, 0.15) is 5.58 Å². The summed E-state index contributed by atoms with van der Waals surface area (Å²) in [6.07, 6.45) is 0.841. The molecule has 0 unspecified atom stereocenters. The highest BCUT2D eigenvalue weighted by molar-refractivity contribution is 7.21. The molecule has 0 atom stereocenters. The first-order chi connectivity index (χ1) is 14.0. The number of para-hydroxylation sites is 1. The highest BCUT2D eigenvalue weighted by atomic mass is 32.1. The van der Waals surface area contributed by atoms with Gasteiger partial charge in [-0.2, -0.15) is 0 Å². The van der Waals surface area contributed by atoms with Crippen LogP contribution >= 0.6 is 11.3 Å². The summed E-state index contributed by atoms with van der Waals surface area (Å²) in [6.45, 7) is 6.97. The third kappa shape index (κ3) is 3.58. The van der Waals surface area contributed by atoms with Crippen LogP contribution < -0.4 is 10.5 Å². The molecule has 2 aromatic heterocycles. The van der Waals surface area contributed by atoms with E-state index < -0.39 is 5.63 Å². The number of thiophene rings is 1. The van der Waals surface area contributed by atoms with Gasteiger partial charge < -0.3 is 9.32 Å². The first-order valence-corrected chi connectivity index (χ1v) is 10.7. The Morgan fingerprint density at radius 1 is 1.07 bits per heavy atom. The van der Waals surface area contributed by atoms with Crippen molar-refractivity contribution < 1.29 is 9.21 Å². The molecule has 1 amide bonds. The molecule has 0 aliphatic carbocycles. The smallest absolute Gasteiger partial charge is 0.345 e. The van der Waals surface area contributed by atoms with Gasteiger partial charge in [0, 0.05) is 17.6 Å². The molecule has 2 aromatic carbocycles. The summed E-state index contributed by atoms with van der Waals surface area (Å²) in [7, 11) is 0. The number of carbonyl (C=O) groups is 1. The zero-order chi connectivity index (χ0) is 20.5. The lowest BCUT2D eigenvalue weighted by atomic mass is 10.0. The standard InChI is InChI=1S/C24H23NO3S/c1-4-13-25(17-11-9-16(10-12-17)15(2)3)23(26)21-14-19-22(29-21)18-7-5-6-8-20(18)28-24(19)27/h5-12,14-15H,4,13H2,1-3H3. The predicted molar refractivity (Wildman–Crippen MR) is 120 cm³/mol. The number of anilines is 1. The van der Waals surface area contributed by atoms with Crippen LogP contribution in [0.3, 0.4) is 0 Å². The first-order valence-electron chi connectivity index (χ1n) is 9.86. The van der Waals surface area contributed by atoms with Crippen LogP contribution in [-0.2, 0) is 0 Å². The average Bonchev–Trinajstić information content (AvgIpc) is 3.18. The molecule has 0 spiro atoms. The van der Waals surface area contributed by atoms with Crippen molar-refractivity contribution in [3.63, 3.8) is 0 Å². The fourth-order valence-electron chi connectivity index (χ4n) is 3.49. The lowest BCUT2D eigenvalue weighted by molar-refractivity contribution is 0.0991. The minimum atomic E-state index is -0.405. The normalized spacial score (nSPS) is 11.4. The maximum atomic E-state index is 13.4. The largest absolute Gasteiger partial charge is 0.422 e. The van der Waals surface area contributed by atoms with E-state index in [0.717, 1.165) is 22.2 Å². The van der Waals surface area contributed by atoms with E-state index in [4.69, 9.17) is 4.42 Å². The Bertz CT molecular complexity index is 1230. The Labute approximate surface area is 173 Å². The van der Waals surface area contributed by atoms with E-state index in [9.17, 15) is 9.59 Å². The van der Waals surface area contributed by atoms with Gasteiger partial charge in [-0.25, -0.2) is 4.79 Å². The zero-order valence-corrected chi connectivity index (χ0v) is 17.6. The minimum absolute atomic E-state index is 0.0890. The summed E-state index contributed by atoms with van der Waals surface area (Å²) >= 11 is 1.35. The number of fused-ring (bicyclic) bond motifs is 3. The van der Waals surface area contributed by atoms with Crippen molar-refractivity contribution in [2.45, 2.75) is 33.1 Å². The van der Waals surface area contributed by atoms with Gasteiger partial charge in [0.25, 0.3) is 5.91 Å². The van der Waals surface area contributed by atoms with Gasteiger partial charge in [0.15, 0.2) is 0 Å². The first kappa shape index (κ1) is 19.4. The third-order valence-electron chi connectivity index (χ3n) is 5.06. The summed E-state index contributed by atoms with van der Waals surface area (Å²) in [4.78, 5) is 28.1. The molecule has 2 heterocycles. The van der Waals surface area contributed by atoms with Crippen molar-refractivity contribution in [2.75, 3.05) is 11.4 Å². The summed E-state index contributed by atoms with van der Waals surface area (Å²) < 4.78 is 6.22. The molecular weight excluding hydrogens is 382 g/mol. The Morgan fingerprint density at radius 2 is 1.79 bits per heavy atom. The molecule has 0 N–H and O–H groups in total. The van der Waals surface area contributed by atoms with E-state index in [1.807, 2.05) is 30.3 Å². The summed E-state index contributed by atoms with van der Waals surface area (Å²) in [5.41, 5.74) is 2.25. The fraction of sp³-hybridized carbons (Fsp3) is 0.250. The van der Waals surface area contributed by atoms with Gasteiger partial charge in [-0.05, 0) is 48.2 Å². The number of rotatable bonds is 5. The SMILES string of the molecule is CCCN(C(=O)c1cc2c(=O)oc3ccccc3c2s1)c1ccc(C(C)C)cc1. The topological polar surface area (TPSA) is 50.5 Å². The maximum absolute atomic E-state index is 13.4. The number of benzene rings is 2. The fourth-order valence-corrected chi connectivity index (χ4v) is 4.61. The minimum Gasteiger partial charge on any atom is -0.422 e. The summed E-state index contributed by atoms with van der Waals surface area (Å²) in [5.74, 6) is 0.350. The second-order valence-corrected chi connectivity index (χ2v) is 8.49. The highest BCUT2D eigenvalue weighted by Crippen LogP contribution is 2.32. The van der Waals surface area contributed by atoms with E-state index in [-0.39, 0.29) is 5.91 Å². The lowest BCUT2D eigenvalue weighted by Crippen LogP contribution is -2.31. The monoisotopic (exact) mass is 405 g/mol. The van der Waals surface area contributed by atoms with Crippen molar-refractivity contribution in [3.05, 3.63) is 75.5 Å². The molecule has 4 nitrogen and oxygen atoms in total. The Morgan fingerprint density at radius 3 is 2.48 bits per heavy atom. The van der Waals surface area contributed by atoms with Crippen LogP contribution in [0.25, 0.3) is 21.1 Å². The van der Waals surface area contributed by atoms with Gasteiger partial charge in [-0.1, -0.05) is 45.0 Å². The maximum Gasteiger partial charge on any atom is 0.345 e. The van der Waals surface area contributed by atoms with Crippen molar-refractivity contribution >= 4 is 44.0 Å². The van der Waals surface area contributed by atoms with E-state index >= 15 is 0 Å². The molecule has 0 saturated carbocycles. The number of carbonyl (C=O) groups excluding carboxylic acids is 1. The van der Waals surface area contributed by atoms with E-state index in [0.29, 0.717) is 28.3 Å². The van der Waals surface area contributed by atoms with Gasteiger partial charge in [0.05, 0.1) is 15.0 Å². The number of nitrogens with zero attached hydrogens (tertiary/aromatic N) is 1. The number of amides is 1. The van der Waals surface area contributed by atoms with Crippen LogP contribution in [0.1, 0.15) is 48.3 Å². The molecule has 5 heteroatoms. The average molecular weight is 406 g/mol. The predicted octanol–water partition coefficient (Wildman–Crippen LogP) is 6.19. The highest BCUT2D eigenvalue weighted by Gasteiger charge is 2.21. The molecule has 0 fully saturated rings. The van der Waals surface area contributed by atoms with Crippen LogP contribution in [0.5, 0.6) is 0 Å². The van der Waals surface area contributed by atoms with Crippen LogP contribution in [0, 0.1) is 0 Å². The third-order valence-corrected chi connectivity index (χ3v) is 6.22. The molecule has 4 aromatic rings. The molecular formula is C24H23NO3S. The number of hydrogen-bond donors (Lipinski definition) is 0. The molecule has 0 saturated heterocycles. The Hall–Kier alpha value is -2.92. The van der Waals surface area contributed by atoms with Gasteiger partial charge >= 0.3 is 5.63 Å². The van der Waals surface area contributed by atoms with Crippen LogP contribution in [0.15, 0.2) is 63.8 Å². The van der Waals surface area contributed by atoms with Gasteiger partial charge in [-0.15, -0.1) is 11.3 Å². The lowest BCUT2D eigenvalue weighted by Gasteiger charge is -2.22. The second kappa shape index (κ2) is 7.84. The molecule has 0 radical (unpaired) electrons. The zero-order valence-electron chi connectivity index (χ0n) is 16.8. The van der Waals surface area contributed by atoms with Crippen molar-refractivity contribution in [1.29, 1.82) is 0 Å². The molecule has 0 aliphatic rings. The number of hydrogen-bond acceptors (Lipinski definition) is 4. The summed E-state index contributed by atoms with van der Waals surface area (Å²) in [5, 5.41) is 1.32. The van der Waals surface area contributed by atoms with Gasteiger partial charge in [0.2, 0.25) is 0 Å². The Balaban J connectivity index is 1.78. The van der Waals surface area contributed by atoms with Crippen molar-refractivity contribution in [3.8, 4) is 0 Å². The van der Waals surface area contributed by atoms with E-state index in [1.54, 1.807) is 17.0 Å². The molecule has 148 valence electrons. The van der Waals surface area contributed by atoms with Crippen molar-refractivity contribution in [2.24, 2.45) is 0 Å². The van der Waals surface area contributed by atoms with Crippen LogP contribution in [-0.4, -0.2) is 12.5 Å². The summed E-state index contributed by atoms with van der Waals surface area (Å²) in [6, 6.07) is 17.2. The molecule has 29 heavy (non-hydrogen) atoms. The second-order valence-electron chi connectivity index (χ2n) is 7.44.